The molecule has 94 valence electrons. The molecule has 4 N–H and O–H groups in total. The molecule has 0 bridgehead atoms. The molecule has 0 aliphatic heterocycles. The largest absolute Gasteiger partial charge is 0.493 e. The molecule has 1 aromatic heterocycles. The molecular formula is C11H11BrN4O2. The Bertz CT molecular complexity index is 630. The van der Waals surface area contributed by atoms with Crippen LogP contribution < -0.4 is 16.2 Å². The molecule has 0 radical (unpaired) electrons. The maximum atomic E-state index is 11.1. The van der Waals surface area contributed by atoms with Crippen molar-refractivity contribution in [2.45, 2.75) is 6.92 Å². The minimum Gasteiger partial charge on any atom is -0.493 e. The number of carbonyl (C=O) groups is 1. The minimum atomic E-state index is -0.702. The van der Waals surface area contributed by atoms with E-state index in [2.05, 4.69) is 26.1 Å². The standard InChI is InChI=1S/C11H11BrN4O2/c1-2-18-8-4-7-5(3-6(8)12)9(13)10(11(14)17)16-15-7/h3-4H,2H2,1H3,(H2,13,15)(H2,14,17). The van der Waals surface area contributed by atoms with E-state index in [1.807, 2.05) is 6.92 Å². The zero-order valence-electron chi connectivity index (χ0n) is 9.61. The predicted octanol–water partition coefficient (Wildman–Crippen LogP) is 1.47. The number of carbonyl (C=O) groups excluding carboxylic acids is 1. The van der Waals surface area contributed by atoms with Gasteiger partial charge in [-0.25, -0.2) is 0 Å². The predicted molar refractivity (Wildman–Crippen MR) is 71.3 cm³/mol. The Labute approximate surface area is 111 Å². The summed E-state index contributed by atoms with van der Waals surface area (Å²) in [4.78, 5) is 11.1. The normalized spacial score (nSPS) is 10.6. The van der Waals surface area contributed by atoms with E-state index >= 15 is 0 Å². The fourth-order valence-electron chi connectivity index (χ4n) is 1.57. The summed E-state index contributed by atoms with van der Waals surface area (Å²) >= 11 is 3.37. The van der Waals surface area contributed by atoms with Gasteiger partial charge in [-0.15, -0.1) is 10.2 Å². The second kappa shape index (κ2) is 4.77. The molecule has 0 fully saturated rings. The van der Waals surface area contributed by atoms with E-state index in [4.69, 9.17) is 16.2 Å². The molecule has 7 heteroatoms. The fraction of sp³-hybridized carbons (Fsp3) is 0.182. The number of aromatic nitrogens is 2. The molecule has 1 aromatic carbocycles. The van der Waals surface area contributed by atoms with Crippen LogP contribution in [0.3, 0.4) is 0 Å². The molecule has 0 spiro atoms. The van der Waals surface area contributed by atoms with Crippen LogP contribution >= 0.6 is 15.9 Å². The lowest BCUT2D eigenvalue weighted by molar-refractivity contribution is 0.0996. The van der Waals surface area contributed by atoms with E-state index in [1.54, 1.807) is 12.1 Å². The number of rotatable bonds is 3. The first-order chi connectivity index (χ1) is 8.54. The smallest absolute Gasteiger partial charge is 0.271 e. The second-order valence-corrected chi connectivity index (χ2v) is 4.41. The van der Waals surface area contributed by atoms with Gasteiger partial charge in [0.15, 0.2) is 5.69 Å². The monoisotopic (exact) mass is 310 g/mol. The number of amides is 1. The molecule has 0 atom stereocenters. The first-order valence-electron chi connectivity index (χ1n) is 5.22. The molecule has 1 heterocycles. The first-order valence-corrected chi connectivity index (χ1v) is 6.02. The minimum absolute atomic E-state index is 0.0291. The number of hydrogen-bond acceptors (Lipinski definition) is 5. The molecule has 0 aliphatic rings. The van der Waals surface area contributed by atoms with Crippen molar-refractivity contribution >= 4 is 38.4 Å². The summed E-state index contributed by atoms with van der Waals surface area (Å²) in [5.74, 6) is -0.0579. The second-order valence-electron chi connectivity index (χ2n) is 3.56. The number of nitrogens with two attached hydrogens (primary N) is 2. The molecule has 6 nitrogen and oxygen atoms in total. The van der Waals surface area contributed by atoms with Gasteiger partial charge in [-0.1, -0.05) is 0 Å². The van der Waals surface area contributed by atoms with E-state index in [-0.39, 0.29) is 11.4 Å². The molecular weight excluding hydrogens is 300 g/mol. The molecule has 18 heavy (non-hydrogen) atoms. The van der Waals surface area contributed by atoms with Gasteiger partial charge in [0.25, 0.3) is 5.91 Å². The van der Waals surface area contributed by atoms with E-state index in [1.165, 1.54) is 0 Å². The van der Waals surface area contributed by atoms with Crippen LogP contribution in [0.25, 0.3) is 10.9 Å². The van der Waals surface area contributed by atoms with Crippen LogP contribution in [0.5, 0.6) is 5.75 Å². The van der Waals surface area contributed by atoms with Gasteiger partial charge < -0.3 is 16.2 Å². The number of primary amides is 1. The molecule has 0 saturated carbocycles. The molecule has 0 saturated heterocycles. The molecule has 0 unspecified atom stereocenters. The maximum absolute atomic E-state index is 11.1. The maximum Gasteiger partial charge on any atom is 0.271 e. The highest BCUT2D eigenvalue weighted by Crippen LogP contribution is 2.32. The van der Waals surface area contributed by atoms with Gasteiger partial charge in [0.2, 0.25) is 0 Å². The lowest BCUT2D eigenvalue weighted by Gasteiger charge is -2.09. The molecule has 2 aromatic rings. The van der Waals surface area contributed by atoms with Gasteiger partial charge in [0.05, 0.1) is 22.3 Å². The van der Waals surface area contributed by atoms with Gasteiger partial charge in [0, 0.05) is 11.5 Å². The SMILES string of the molecule is CCOc1cc2nnc(C(N)=O)c(N)c2cc1Br. The summed E-state index contributed by atoms with van der Waals surface area (Å²) in [7, 11) is 0. The van der Waals surface area contributed by atoms with Crippen molar-refractivity contribution < 1.29 is 9.53 Å². The zero-order chi connectivity index (χ0) is 13.3. The van der Waals surface area contributed by atoms with E-state index in [0.717, 1.165) is 4.47 Å². The summed E-state index contributed by atoms with van der Waals surface area (Å²) in [6.07, 6.45) is 0. The van der Waals surface area contributed by atoms with Crippen molar-refractivity contribution in [2.24, 2.45) is 5.73 Å². The van der Waals surface area contributed by atoms with Crippen molar-refractivity contribution in [3.8, 4) is 5.75 Å². The molecule has 2 rings (SSSR count). The average molecular weight is 311 g/mol. The summed E-state index contributed by atoms with van der Waals surface area (Å²) in [6, 6.07) is 3.44. The van der Waals surface area contributed by atoms with Crippen LogP contribution in [0.4, 0.5) is 5.69 Å². The highest BCUT2D eigenvalue weighted by molar-refractivity contribution is 9.10. The van der Waals surface area contributed by atoms with E-state index < -0.39 is 5.91 Å². The van der Waals surface area contributed by atoms with Gasteiger partial charge >= 0.3 is 0 Å². The number of anilines is 1. The van der Waals surface area contributed by atoms with Crippen LogP contribution in [0.1, 0.15) is 17.4 Å². The third-order valence-electron chi connectivity index (χ3n) is 2.39. The number of fused-ring (bicyclic) bond motifs is 1. The van der Waals surface area contributed by atoms with Gasteiger partial charge in [-0.2, -0.15) is 0 Å². The fourth-order valence-corrected chi connectivity index (χ4v) is 2.03. The number of nitrogens with zero attached hydrogens (tertiary/aromatic N) is 2. The van der Waals surface area contributed by atoms with Gasteiger partial charge in [-0.3, -0.25) is 4.79 Å². The average Bonchev–Trinajstić information content (AvgIpc) is 2.31. The van der Waals surface area contributed by atoms with Crippen molar-refractivity contribution in [3.63, 3.8) is 0 Å². The van der Waals surface area contributed by atoms with Gasteiger partial charge in [-0.05, 0) is 28.9 Å². The lowest BCUT2D eigenvalue weighted by atomic mass is 10.1. The van der Waals surface area contributed by atoms with Crippen LogP contribution in [0, 0.1) is 0 Å². The number of ether oxygens (including phenoxy) is 1. The Hall–Kier alpha value is -1.89. The topological polar surface area (TPSA) is 104 Å². The summed E-state index contributed by atoms with van der Waals surface area (Å²) in [5.41, 5.74) is 11.7. The molecule has 0 aliphatic carbocycles. The van der Waals surface area contributed by atoms with E-state index in [0.29, 0.717) is 23.3 Å². The third-order valence-corrected chi connectivity index (χ3v) is 3.01. The van der Waals surface area contributed by atoms with Gasteiger partial charge in [0.1, 0.15) is 5.75 Å². The van der Waals surface area contributed by atoms with Crippen molar-refractivity contribution in [1.82, 2.24) is 10.2 Å². The lowest BCUT2D eigenvalue weighted by Crippen LogP contribution is -2.16. The number of nitrogen functional groups attached to an aromatic ring is 1. The molecule has 1 amide bonds. The first kappa shape index (κ1) is 12.6. The number of hydrogen-bond donors (Lipinski definition) is 2. The van der Waals surface area contributed by atoms with Crippen LogP contribution in [0.15, 0.2) is 16.6 Å². The Kier molecular flexibility index (Phi) is 3.33. The highest BCUT2D eigenvalue weighted by Gasteiger charge is 2.14. The number of benzene rings is 1. The Balaban J connectivity index is 2.69. The summed E-state index contributed by atoms with van der Waals surface area (Å²) < 4.78 is 6.14. The van der Waals surface area contributed by atoms with Crippen molar-refractivity contribution in [2.75, 3.05) is 12.3 Å². The van der Waals surface area contributed by atoms with Crippen molar-refractivity contribution in [3.05, 3.63) is 22.3 Å². The van der Waals surface area contributed by atoms with E-state index in [9.17, 15) is 4.79 Å². The number of halogens is 1. The quantitative estimate of drug-likeness (QED) is 0.893. The Morgan fingerprint density at radius 2 is 2.17 bits per heavy atom. The summed E-state index contributed by atoms with van der Waals surface area (Å²) in [5, 5.41) is 8.24. The summed E-state index contributed by atoms with van der Waals surface area (Å²) in [6.45, 7) is 2.42. The highest BCUT2D eigenvalue weighted by atomic mass is 79.9. The van der Waals surface area contributed by atoms with Crippen LogP contribution in [0.2, 0.25) is 0 Å². The Morgan fingerprint density at radius 1 is 1.44 bits per heavy atom. The van der Waals surface area contributed by atoms with Crippen molar-refractivity contribution in [1.29, 1.82) is 0 Å². The van der Waals surface area contributed by atoms with Crippen LogP contribution in [-0.2, 0) is 0 Å². The Morgan fingerprint density at radius 3 is 2.78 bits per heavy atom. The zero-order valence-corrected chi connectivity index (χ0v) is 11.2. The van der Waals surface area contributed by atoms with Crippen LogP contribution in [-0.4, -0.2) is 22.7 Å². The third kappa shape index (κ3) is 2.08.